The highest BCUT2D eigenvalue weighted by Gasteiger charge is 2.20. The number of methoxy groups -OCH3 is 1. The first-order valence-corrected chi connectivity index (χ1v) is 11.1. The third-order valence-electron chi connectivity index (χ3n) is 4.76. The van der Waals surface area contributed by atoms with Crippen LogP contribution < -0.4 is 4.74 Å². The molecule has 0 aliphatic carbocycles. The molecule has 1 aromatic carbocycles. The number of ether oxygens (including phenoxy) is 4. The highest BCUT2D eigenvalue weighted by Crippen LogP contribution is 2.20. The number of carbonyl (C=O) groups excluding carboxylic acids is 4. The summed E-state index contributed by atoms with van der Waals surface area (Å²) in [5.74, 6) is -1.56. The van der Waals surface area contributed by atoms with E-state index in [1.54, 1.807) is 12.1 Å². The van der Waals surface area contributed by atoms with E-state index in [0.29, 0.717) is 19.3 Å². The van der Waals surface area contributed by atoms with Crippen molar-refractivity contribution in [2.24, 2.45) is 0 Å². The van der Waals surface area contributed by atoms with Gasteiger partial charge in [-0.3, -0.25) is 14.4 Å². The third kappa shape index (κ3) is 11.5. The van der Waals surface area contributed by atoms with Gasteiger partial charge in [0, 0.05) is 19.8 Å². The molecular formula is C24H34O8. The molecule has 1 atom stereocenters. The second kappa shape index (κ2) is 15.8. The van der Waals surface area contributed by atoms with Gasteiger partial charge in [0.25, 0.3) is 0 Å². The van der Waals surface area contributed by atoms with E-state index in [-0.39, 0.29) is 29.9 Å². The number of para-hydroxylation sites is 1. The molecule has 0 fully saturated rings. The largest absolute Gasteiger partial charge is 0.469 e. The van der Waals surface area contributed by atoms with E-state index in [1.807, 2.05) is 6.92 Å². The van der Waals surface area contributed by atoms with Crippen LogP contribution in [0.1, 0.15) is 82.0 Å². The Bertz CT molecular complexity index is 743. The van der Waals surface area contributed by atoms with Crippen molar-refractivity contribution in [2.75, 3.05) is 13.7 Å². The first kappa shape index (κ1) is 27.1. The van der Waals surface area contributed by atoms with Crippen molar-refractivity contribution < 1.29 is 38.1 Å². The quantitative estimate of drug-likeness (QED) is 0.168. The summed E-state index contributed by atoms with van der Waals surface area (Å²) in [4.78, 5) is 46.6. The Morgan fingerprint density at radius 3 is 2.06 bits per heavy atom. The maximum absolute atomic E-state index is 12.5. The minimum atomic E-state index is -0.642. The van der Waals surface area contributed by atoms with Crippen molar-refractivity contribution in [1.82, 2.24) is 0 Å². The van der Waals surface area contributed by atoms with Gasteiger partial charge >= 0.3 is 23.9 Å². The van der Waals surface area contributed by atoms with Gasteiger partial charge in [-0.05, 0) is 31.4 Å². The SMILES string of the molecule is CCC(COC(=O)CCCCCCCCC(=O)OC)OC(=O)c1ccccc1OC(C)=O. The lowest BCUT2D eigenvalue weighted by Gasteiger charge is -2.17. The fourth-order valence-electron chi connectivity index (χ4n) is 2.94. The summed E-state index contributed by atoms with van der Waals surface area (Å²) in [5.41, 5.74) is 0.138. The summed E-state index contributed by atoms with van der Waals surface area (Å²) in [7, 11) is 1.39. The molecule has 0 spiro atoms. The Kier molecular flexibility index (Phi) is 13.4. The van der Waals surface area contributed by atoms with E-state index >= 15 is 0 Å². The van der Waals surface area contributed by atoms with Gasteiger partial charge in [-0.2, -0.15) is 0 Å². The zero-order valence-electron chi connectivity index (χ0n) is 19.2. The van der Waals surface area contributed by atoms with Crippen LogP contribution in [-0.4, -0.2) is 43.7 Å². The molecule has 0 N–H and O–H groups in total. The highest BCUT2D eigenvalue weighted by atomic mass is 16.6. The molecule has 0 bridgehead atoms. The number of hydrogen-bond donors (Lipinski definition) is 0. The minimum Gasteiger partial charge on any atom is -0.469 e. The lowest BCUT2D eigenvalue weighted by Crippen LogP contribution is -2.25. The number of carbonyl (C=O) groups is 4. The summed E-state index contributed by atoms with van der Waals surface area (Å²) in [6.45, 7) is 3.05. The molecule has 1 rings (SSSR count). The van der Waals surface area contributed by atoms with E-state index in [1.165, 1.54) is 26.2 Å². The van der Waals surface area contributed by atoms with Crippen molar-refractivity contribution in [3.63, 3.8) is 0 Å². The average Bonchev–Trinajstić information content (AvgIpc) is 2.77. The molecule has 0 saturated carbocycles. The van der Waals surface area contributed by atoms with Gasteiger partial charge in [-0.1, -0.05) is 44.7 Å². The van der Waals surface area contributed by atoms with Gasteiger partial charge < -0.3 is 18.9 Å². The zero-order chi connectivity index (χ0) is 23.8. The van der Waals surface area contributed by atoms with Crippen molar-refractivity contribution in [3.05, 3.63) is 29.8 Å². The number of esters is 4. The summed E-state index contributed by atoms with van der Waals surface area (Å²) < 4.78 is 20.3. The molecule has 8 nitrogen and oxygen atoms in total. The van der Waals surface area contributed by atoms with Crippen molar-refractivity contribution in [2.45, 2.75) is 77.7 Å². The predicted molar refractivity (Wildman–Crippen MR) is 117 cm³/mol. The molecule has 0 heterocycles. The van der Waals surface area contributed by atoms with Crippen LogP contribution >= 0.6 is 0 Å². The van der Waals surface area contributed by atoms with Crippen LogP contribution in [0.5, 0.6) is 5.75 Å². The summed E-state index contributed by atoms with van der Waals surface area (Å²) in [6.07, 6.45) is 6.05. The molecule has 0 radical (unpaired) electrons. The Morgan fingerprint density at radius 1 is 0.875 bits per heavy atom. The second-order valence-corrected chi connectivity index (χ2v) is 7.41. The van der Waals surface area contributed by atoms with Crippen LogP contribution in [0.4, 0.5) is 0 Å². The van der Waals surface area contributed by atoms with Crippen LogP contribution in [0.3, 0.4) is 0 Å². The van der Waals surface area contributed by atoms with Crippen LogP contribution in [0.15, 0.2) is 24.3 Å². The van der Waals surface area contributed by atoms with Gasteiger partial charge in [-0.15, -0.1) is 0 Å². The van der Waals surface area contributed by atoms with Crippen LogP contribution in [0.25, 0.3) is 0 Å². The molecule has 32 heavy (non-hydrogen) atoms. The molecule has 178 valence electrons. The lowest BCUT2D eigenvalue weighted by atomic mass is 10.1. The molecule has 0 aliphatic rings. The molecular weight excluding hydrogens is 416 g/mol. The van der Waals surface area contributed by atoms with Crippen LogP contribution in [-0.2, 0) is 28.6 Å². The number of benzene rings is 1. The van der Waals surface area contributed by atoms with Gasteiger partial charge in [0.15, 0.2) is 0 Å². The smallest absolute Gasteiger partial charge is 0.342 e. The van der Waals surface area contributed by atoms with Gasteiger partial charge in [0.2, 0.25) is 0 Å². The Morgan fingerprint density at radius 2 is 1.47 bits per heavy atom. The van der Waals surface area contributed by atoms with E-state index in [2.05, 4.69) is 4.74 Å². The molecule has 1 aromatic rings. The standard InChI is InChI=1S/C24H34O8/c1-4-19(32-24(28)20-13-11-12-14-21(20)31-18(2)25)17-30-23(27)16-10-8-6-5-7-9-15-22(26)29-3/h11-14,19H,4-10,15-17H2,1-3H3. The van der Waals surface area contributed by atoms with Crippen molar-refractivity contribution in [3.8, 4) is 5.75 Å². The Hall–Kier alpha value is -2.90. The Balaban J connectivity index is 2.28. The van der Waals surface area contributed by atoms with Gasteiger partial charge in [0.05, 0.1) is 7.11 Å². The molecule has 0 saturated heterocycles. The summed E-state index contributed by atoms with van der Waals surface area (Å²) in [5, 5.41) is 0. The Labute approximate surface area is 189 Å². The van der Waals surface area contributed by atoms with E-state index in [9.17, 15) is 19.2 Å². The van der Waals surface area contributed by atoms with E-state index < -0.39 is 18.0 Å². The fraction of sp³-hybridized carbons (Fsp3) is 0.583. The lowest BCUT2D eigenvalue weighted by molar-refractivity contribution is -0.147. The average molecular weight is 451 g/mol. The van der Waals surface area contributed by atoms with Crippen molar-refractivity contribution in [1.29, 1.82) is 0 Å². The molecule has 8 heteroatoms. The van der Waals surface area contributed by atoms with Gasteiger partial charge in [-0.25, -0.2) is 4.79 Å². The third-order valence-corrected chi connectivity index (χ3v) is 4.76. The molecule has 1 unspecified atom stereocenters. The minimum absolute atomic E-state index is 0.0235. The van der Waals surface area contributed by atoms with E-state index in [0.717, 1.165) is 38.5 Å². The van der Waals surface area contributed by atoms with Crippen LogP contribution in [0.2, 0.25) is 0 Å². The van der Waals surface area contributed by atoms with Gasteiger partial charge in [0.1, 0.15) is 24.0 Å². The van der Waals surface area contributed by atoms with E-state index in [4.69, 9.17) is 14.2 Å². The monoisotopic (exact) mass is 450 g/mol. The number of hydrogen-bond acceptors (Lipinski definition) is 8. The molecule has 0 aromatic heterocycles. The normalized spacial score (nSPS) is 11.3. The second-order valence-electron chi connectivity index (χ2n) is 7.41. The molecule has 0 aliphatic heterocycles. The maximum atomic E-state index is 12.5. The first-order valence-electron chi connectivity index (χ1n) is 11.1. The fourth-order valence-corrected chi connectivity index (χ4v) is 2.94. The zero-order valence-corrected chi connectivity index (χ0v) is 19.2. The number of unbranched alkanes of at least 4 members (excludes halogenated alkanes) is 5. The topological polar surface area (TPSA) is 105 Å². The van der Waals surface area contributed by atoms with Crippen molar-refractivity contribution >= 4 is 23.9 Å². The maximum Gasteiger partial charge on any atom is 0.342 e. The highest BCUT2D eigenvalue weighted by molar-refractivity contribution is 5.93. The van der Waals surface area contributed by atoms with Crippen LogP contribution in [0, 0.1) is 0 Å². The number of rotatable bonds is 15. The molecule has 0 amide bonds. The summed E-state index contributed by atoms with van der Waals surface area (Å²) in [6, 6.07) is 6.31. The summed E-state index contributed by atoms with van der Waals surface area (Å²) >= 11 is 0. The predicted octanol–water partition coefficient (Wildman–Crippen LogP) is 4.38. The first-order chi connectivity index (χ1) is 15.4.